The van der Waals surface area contributed by atoms with Crippen LogP contribution in [0, 0.1) is 27.7 Å². The van der Waals surface area contributed by atoms with Crippen molar-refractivity contribution >= 4 is 12.4 Å². The van der Waals surface area contributed by atoms with E-state index in [1.165, 1.54) is 22.8 Å². The molecule has 0 fully saturated rings. The normalized spacial score (nSPS) is 11.5. The standard InChI is InChI=1S/C14H18N2/c1-11-5-6-12(2)15(11)9-10-16-13(3)7-8-14(16)4/h5-10H,1-4H3. The maximum atomic E-state index is 2.19. The van der Waals surface area contributed by atoms with E-state index in [0.717, 1.165) is 0 Å². The summed E-state index contributed by atoms with van der Waals surface area (Å²) in [6, 6.07) is 8.54. The highest BCUT2D eigenvalue weighted by Crippen LogP contribution is 2.11. The molecule has 0 bridgehead atoms. The molecule has 0 saturated carbocycles. The van der Waals surface area contributed by atoms with Gasteiger partial charge in [0, 0.05) is 35.2 Å². The molecular weight excluding hydrogens is 196 g/mol. The molecular formula is C14H18N2. The van der Waals surface area contributed by atoms with Crippen LogP contribution in [0.3, 0.4) is 0 Å². The van der Waals surface area contributed by atoms with Crippen molar-refractivity contribution in [2.75, 3.05) is 0 Å². The molecule has 16 heavy (non-hydrogen) atoms. The first-order valence-corrected chi connectivity index (χ1v) is 5.57. The first kappa shape index (κ1) is 10.8. The highest BCUT2D eigenvalue weighted by molar-refractivity contribution is 5.49. The second-order valence-corrected chi connectivity index (χ2v) is 4.27. The average Bonchev–Trinajstić information content (AvgIpc) is 2.72. The fourth-order valence-corrected chi connectivity index (χ4v) is 1.96. The maximum Gasteiger partial charge on any atom is 0.0254 e. The minimum absolute atomic E-state index is 1.26. The Balaban J connectivity index is 2.35. The summed E-state index contributed by atoms with van der Waals surface area (Å²) in [6.07, 6.45) is 4.23. The lowest BCUT2D eigenvalue weighted by Gasteiger charge is -2.05. The predicted octanol–water partition coefficient (Wildman–Crippen LogP) is 3.61. The lowest BCUT2D eigenvalue weighted by molar-refractivity contribution is 0.997. The number of nitrogens with zero attached hydrogens (tertiary/aromatic N) is 2. The second-order valence-electron chi connectivity index (χ2n) is 4.27. The van der Waals surface area contributed by atoms with E-state index in [1.807, 2.05) is 0 Å². The van der Waals surface area contributed by atoms with Crippen LogP contribution in [0.25, 0.3) is 12.4 Å². The van der Waals surface area contributed by atoms with Gasteiger partial charge in [-0.05, 0) is 52.0 Å². The fraction of sp³-hybridized carbons (Fsp3) is 0.286. The number of hydrogen-bond acceptors (Lipinski definition) is 0. The number of rotatable bonds is 2. The minimum Gasteiger partial charge on any atom is -0.324 e. The number of aryl methyl sites for hydroxylation is 4. The maximum absolute atomic E-state index is 2.19. The molecule has 2 rings (SSSR count). The minimum atomic E-state index is 1.26. The largest absolute Gasteiger partial charge is 0.324 e. The molecule has 2 aromatic rings. The highest BCUT2D eigenvalue weighted by atomic mass is 15.0. The van der Waals surface area contributed by atoms with Crippen molar-refractivity contribution in [3.05, 3.63) is 47.0 Å². The second kappa shape index (κ2) is 4.05. The molecule has 0 N–H and O–H groups in total. The summed E-state index contributed by atoms with van der Waals surface area (Å²) in [4.78, 5) is 0. The van der Waals surface area contributed by atoms with Gasteiger partial charge >= 0.3 is 0 Å². The van der Waals surface area contributed by atoms with Gasteiger partial charge in [0.05, 0.1) is 0 Å². The lowest BCUT2D eigenvalue weighted by atomic mass is 10.5. The average molecular weight is 214 g/mol. The zero-order valence-corrected chi connectivity index (χ0v) is 10.4. The van der Waals surface area contributed by atoms with Crippen LogP contribution in [0.1, 0.15) is 22.8 Å². The first-order valence-electron chi connectivity index (χ1n) is 5.57. The van der Waals surface area contributed by atoms with Crippen molar-refractivity contribution in [3.8, 4) is 0 Å². The SMILES string of the molecule is Cc1ccc(C)n1C=Cn1c(C)ccc1C. The van der Waals surface area contributed by atoms with E-state index in [4.69, 9.17) is 0 Å². The third kappa shape index (κ3) is 1.83. The summed E-state index contributed by atoms with van der Waals surface area (Å²) in [5, 5.41) is 0. The third-order valence-electron chi connectivity index (χ3n) is 3.02. The van der Waals surface area contributed by atoms with E-state index in [1.54, 1.807) is 0 Å². The zero-order chi connectivity index (χ0) is 11.7. The van der Waals surface area contributed by atoms with Gasteiger partial charge in [0.2, 0.25) is 0 Å². The van der Waals surface area contributed by atoms with E-state index < -0.39 is 0 Å². The van der Waals surface area contributed by atoms with E-state index in [2.05, 4.69) is 73.5 Å². The van der Waals surface area contributed by atoms with Crippen molar-refractivity contribution in [2.24, 2.45) is 0 Å². The summed E-state index contributed by atoms with van der Waals surface area (Å²) in [6.45, 7) is 8.47. The van der Waals surface area contributed by atoms with E-state index in [-0.39, 0.29) is 0 Å². The van der Waals surface area contributed by atoms with Crippen molar-refractivity contribution in [1.29, 1.82) is 0 Å². The van der Waals surface area contributed by atoms with Gasteiger partial charge in [-0.25, -0.2) is 0 Å². The van der Waals surface area contributed by atoms with Crippen molar-refractivity contribution in [3.63, 3.8) is 0 Å². The Kier molecular flexibility index (Phi) is 2.73. The van der Waals surface area contributed by atoms with Crippen LogP contribution in [0.4, 0.5) is 0 Å². The Labute approximate surface area is 96.8 Å². The number of hydrogen-bond donors (Lipinski definition) is 0. The summed E-state index contributed by atoms with van der Waals surface area (Å²) in [5.41, 5.74) is 5.04. The van der Waals surface area contributed by atoms with Gasteiger partial charge in [-0.1, -0.05) is 0 Å². The summed E-state index contributed by atoms with van der Waals surface area (Å²) in [7, 11) is 0. The molecule has 2 heteroatoms. The van der Waals surface area contributed by atoms with Gasteiger partial charge in [0.1, 0.15) is 0 Å². The molecule has 0 aliphatic heterocycles. The fourth-order valence-electron chi connectivity index (χ4n) is 1.96. The van der Waals surface area contributed by atoms with E-state index in [0.29, 0.717) is 0 Å². The van der Waals surface area contributed by atoms with Gasteiger partial charge < -0.3 is 9.13 Å². The van der Waals surface area contributed by atoms with Gasteiger partial charge in [-0.2, -0.15) is 0 Å². The lowest BCUT2D eigenvalue weighted by Crippen LogP contribution is -1.95. The quantitative estimate of drug-likeness (QED) is 0.722. The Bertz CT molecular complexity index is 440. The molecule has 0 spiro atoms. The van der Waals surface area contributed by atoms with Gasteiger partial charge in [0.25, 0.3) is 0 Å². The molecule has 0 amide bonds. The van der Waals surface area contributed by atoms with E-state index in [9.17, 15) is 0 Å². The van der Waals surface area contributed by atoms with Crippen LogP contribution >= 0.6 is 0 Å². The molecule has 0 aromatic carbocycles. The van der Waals surface area contributed by atoms with Crippen molar-refractivity contribution in [1.82, 2.24) is 9.13 Å². The van der Waals surface area contributed by atoms with E-state index >= 15 is 0 Å². The zero-order valence-electron chi connectivity index (χ0n) is 10.4. The Morgan fingerprint density at radius 3 is 1.12 bits per heavy atom. The van der Waals surface area contributed by atoms with Crippen LogP contribution in [0.5, 0.6) is 0 Å². The third-order valence-corrected chi connectivity index (χ3v) is 3.02. The highest BCUT2D eigenvalue weighted by Gasteiger charge is 1.98. The Hall–Kier alpha value is -1.70. The summed E-state index contributed by atoms with van der Waals surface area (Å²) in [5.74, 6) is 0. The molecule has 0 atom stereocenters. The number of aromatic nitrogens is 2. The van der Waals surface area contributed by atoms with Crippen LogP contribution in [0.15, 0.2) is 24.3 Å². The molecule has 0 saturated heterocycles. The molecule has 0 unspecified atom stereocenters. The Morgan fingerprint density at radius 1 is 0.625 bits per heavy atom. The molecule has 0 aliphatic carbocycles. The Morgan fingerprint density at radius 2 is 0.875 bits per heavy atom. The van der Waals surface area contributed by atoms with Gasteiger partial charge in [-0.3, -0.25) is 0 Å². The molecule has 2 aromatic heterocycles. The van der Waals surface area contributed by atoms with Crippen LogP contribution < -0.4 is 0 Å². The van der Waals surface area contributed by atoms with Crippen molar-refractivity contribution in [2.45, 2.75) is 27.7 Å². The molecule has 2 nitrogen and oxygen atoms in total. The topological polar surface area (TPSA) is 9.86 Å². The monoisotopic (exact) mass is 214 g/mol. The van der Waals surface area contributed by atoms with Crippen molar-refractivity contribution < 1.29 is 0 Å². The predicted molar refractivity (Wildman–Crippen MR) is 69.3 cm³/mol. The first-order chi connectivity index (χ1) is 7.59. The van der Waals surface area contributed by atoms with Gasteiger partial charge in [-0.15, -0.1) is 0 Å². The van der Waals surface area contributed by atoms with Crippen LogP contribution in [0.2, 0.25) is 0 Å². The smallest absolute Gasteiger partial charge is 0.0254 e. The summed E-state index contributed by atoms with van der Waals surface area (Å²) >= 11 is 0. The molecule has 0 aliphatic rings. The molecule has 0 radical (unpaired) electrons. The van der Waals surface area contributed by atoms with Crippen LogP contribution in [-0.4, -0.2) is 9.13 Å². The molecule has 84 valence electrons. The van der Waals surface area contributed by atoms with Gasteiger partial charge in [0.15, 0.2) is 0 Å². The summed E-state index contributed by atoms with van der Waals surface area (Å²) < 4.78 is 4.39. The molecule has 2 heterocycles. The van der Waals surface area contributed by atoms with Crippen LogP contribution in [-0.2, 0) is 0 Å².